The van der Waals surface area contributed by atoms with Crippen molar-refractivity contribution in [3.05, 3.63) is 34.9 Å². The molecule has 0 aromatic heterocycles. The molecule has 35 heavy (non-hydrogen) atoms. The molecule has 0 fully saturated rings. The second kappa shape index (κ2) is 9.79. The van der Waals surface area contributed by atoms with Crippen LogP contribution >= 0.6 is 0 Å². The first-order valence-corrected chi connectivity index (χ1v) is 9.63. The Labute approximate surface area is 191 Å². The molecule has 0 radical (unpaired) electrons. The van der Waals surface area contributed by atoms with Crippen LogP contribution in [0.1, 0.15) is 49.8 Å². The van der Waals surface area contributed by atoms with Crippen LogP contribution in [0.25, 0.3) is 0 Å². The van der Waals surface area contributed by atoms with Gasteiger partial charge in [0.15, 0.2) is 5.78 Å². The molecule has 1 aromatic rings. The third-order valence-corrected chi connectivity index (χ3v) is 5.55. The second-order valence-corrected chi connectivity index (χ2v) is 7.68. The smallest absolute Gasteiger partial charge is 0.359 e. The number of carbonyl (C=O) groups excluding carboxylic acids is 1. The fourth-order valence-electron chi connectivity index (χ4n) is 3.56. The Hall–Kier alpha value is -2.03. The van der Waals surface area contributed by atoms with Gasteiger partial charge < -0.3 is 9.47 Å². The van der Waals surface area contributed by atoms with E-state index in [1.54, 1.807) is 0 Å². The van der Waals surface area contributed by atoms with Crippen LogP contribution in [-0.4, -0.2) is 44.4 Å². The molecule has 0 N–H and O–H groups in total. The Balaban J connectivity index is 4.42. The number of halogens is 12. The molecule has 0 spiro atoms. The molecule has 1 atom stereocenters. The number of alkyl halides is 12. The Morgan fingerprint density at radius 2 is 1.23 bits per heavy atom. The van der Waals surface area contributed by atoms with Gasteiger partial charge in [-0.3, -0.25) is 4.79 Å². The van der Waals surface area contributed by atoms with Crippen LogP contribution in [0.2, 0.25) is 0 Å². The van der Waals surface area contributed by atoms with Crippen molar-refractivity contribution >= 4 is 5.78 Å². The summed E-state index contributed by atoms with van der Waals surface area (Å²) in [7, 11) is 0.645. The molecule has 0 aliphatic carbocycles. The van der Waals surface area contributed by atoms with Gasteiger partial charge in [-0.1, -0.05) is 32.0 Å². The highest BCUT2D eigenvalue weighted by molar-refractivity contribution is 5.90. The minimum atomic E-state index is -6.48. The van der Waals surface area contributed by atoms with Gasteiger partial charge in [0.05, 0.1) is 0 Å². The van der Waals surface area contributed by atoms with Gasteiger partial charge in [-0.25, -0.2) is 0 Å². The normalized spacial score (nSPS) is 15.3. The molecule has 0 saturated carbocycles. The van der Waals surface area contributed by atoms with E-state index in [-0.39, 0.29) is 25.5 Å². The van der Waals surface area contributed by atoms with Crippen molar-refractivity contribution in [2.24, 2.45) is 0 Å². The number of hydrogen-bond acceptors (Lipinski definition) is 3. The van der Waals surface area contributed by atoms with Gasteiger partial charge in [0, 0.05) is 12.7 Å². The molecule has 202 valence electrons. The molecule has 1 aromatic carbocycles. The molecule has 0 saturated heterocycles. The summed E-state index contributed by atoms with van der Waals surface area (Å²) in [4.78, 5) is 11.9. The minimum absolute atomic E-state index is 0.0992. The van der Waals surface area contributed by atoms with Crippen LogP contribution in [-0.2, 0) is 25.3 Å². The molecule has 0 heterocycles. The van der Waals surface area contributed by atoms with E-state index in [4.69, 9.17) is 0 Å². The minimum Gasteiger partial charge on any atom is -0.359 e. The van der Waals surface area contributed by atoms with E-state index in [9.17, 15) is 57.5 Å². The van der Waals surface area contributed by atoms with Gasteiger partial charge in [-0.2, -0.15) is 52.7 Å². The summed E-state index contributed by atoms with van der Waals surface area (Å²) in [5, 5.41) is 0. The Morgan fingerprint density at radius 1 is 0.800 bits per heavy atom. The maximum atomic E-state index is 13.9. The lowest BCUT2D eigenvalue weighted by Gasteiger charge is -2.40. The van der Waals surface area contributed by atoms with Gasteiger partial charge in [0.2, 0.25) is 5.41 Å². The van der Waals surface area contributed by atoms with Crippen molar-refractivity contribution in [2.75, 3.05) is 13.9 Å². The fourth-order valence-corrected chi connectivity index (χ4v) is 3.56. The maximum absolute atomic E-state index is 13.9. The molecule has 1 unspecified atom stereocenters. The van der Waals surface area contributed by atoms with Crippen molar-refractivity contribution in [1.82, 2.24) is 0 Å². The summed E-state index contributed by atoms with van der Waals surface area (Å²) in [5.41, 5.74) is -15.8. The molecule has 3 nitrogen and oxygen atoms in total. The zero-order chi connectivity index (χ0) is 27.8. The molecule has 0 amide bonds. The van der Waals surface area contributed by atoms with E-state index >= 15 is 0 Å². The number of methoxy groups -OCH3 is 1. The molecule has 0 aliphatic heterocycles. The molecular formula is C20H20F12O3. The van der Waals surface area contributed by atoms with Crippen molar-refractivity contribution in [3.8, 4) is 0 Å². The summed E-state index contributed by atoms with van der Waals surface area (Å²) in [6.07, 6.45) is -25.9. The molecule has 15 heteroatoms. The topological polar surface area (TPSA) is 35.5 Å². The standard InChI is InChI=1S/C20H20F12O3/c1-5-10(2)12-6-13(15(11(3)33,17(21,22)23)18(24,25)26)8-14(7-12)16(19(27,28)29,20(30,31)32)35-9-34-4/h6-8,10H,5,9H2,1-4H3. The second-order valence-electron chi connectivity index (χ2n) is 7.68. The lowest BCUT2D eigenvalue weighted by Crippen LogP contribution is -2.59. The average Bonchev–Trinajstić information content (AvgIpc) is 2.63. The van der Waals surface area contributed by atoms with E-state index in [0.717, 1.165) is 6.92 Å². The summed E-state index contributed by atoms with van der Waals surface area (Å²) >= 11 is 0. The van der Waals surface area contributed by atoms with Crippen LogP contribution in [0.15, 0.2) is 18.2 Å². The van der Waals surface area contributed by atoms with Crippen LogP contribution in [0.5, 0.6) is 0 Å². The largest absolute Gasteiger partial charge is 0.430 e. The number of hydrogen-bond donors (Lipinski definition) is 0. The van der Waals surface area contributed by atoms with Gasteiger partial charge in [0.1, 0.15) is 6.79 Å². The van der Waals surface area contributed by atoms with E-state index in [1.165, 1.54) is 6.92 Å². The quantitative estimate of drug-likeness (QED) is 0.263. The van der Waals surface area contributed by atoms with Crippen molar-refractivity contribution in [2.45, 2.75) is 68.8 Å². The molecule has 1 rings (SSSR count). The Kier molecular flexibility index (Phi) is 8.67. The monoisotopic (exact) mass is 536 g/mol. The predicted octanol–water partition coefficient (Wildman–Crippen LogP) is 7.09. The number of benzene rings is 1. The molecule has 0 aliphatic rings. The molecule has 0 bridgehead atoms. The highest BCUT2D eigenvalue weighted by Crippen LogP contribution is 2.57. The third-order valence-electron chi connectivity index (χ3n) is 5.55. The first-order chi connectivity index (χ1) is 15.6. The lowest BCUT2D eigenvalue weighted by molar-refractivity contribution is -0.400. The van der Waals surface area contributed by atoms with Crippen LogP contribution < -0.4 is 0 Å². The maximum Gasteiger partial charge on any atom is 0.430 e. The number of Topliss-reactive ketones (excluding diaryl/α,β-unsaturated/α-hetero) is 1. The fraction of sp³-hybridized carbons (Fsp3) is 0.650. The zero-order valence-corrected chi connectivity index (χ0v) is 18.5. The van der Waals surface area contributed by atoms with Gasteiger partial charge in [-0.05, 0) is 30.4 Å². The van der Waals surface area contributed by atoms with Gasteiger partial charge >= 0.3 is 24.7 Å². The Morgan fingerprint density at radius 3 is 1.54 bits per heavy atom. The number of carbonyl (C=O) groups is 1. The number of ether oxygens (including phenoxy) is 2. The van der Waals surface area contributed by atoms with E-state index < -0.39 is 77.0 Å². The summed E-state index contributed by atoms with van der Waals surface area (Å²) in [6.45, 7) is 0.695. The summed E-state index contributed by atoms with van der Waals surface area (Å²) in [6, 6.07) is -0.301. The number of rotatable bonds is 8. The molecular weight excluding hydrogens is 516 g/mol. The van der Waals surface area contributed by atoms with Gasteiger partial charge in [0.25, 0.3) is 5.60 Å². The van der Waals surface area contributed by atoms with Crippen LogP contribution in [0.3, 0.4) is 0 Å². The van der Waals surface area contributed by atoms with Crippen LogP contribution in [0.4, 0.5) is 52.7 Å². The van der Waals surface area contributed by atoms with Crippen LogP contribution in [0, 0.1) is 0 Å². The predicted molar refractivity (Wildman–Crippen MR) is 96.4 cm³/mol. The van der Waals surface area contributed by atoms with Gasteiger partial charge in [-0.15, -0.1) is 0 Å². The SMILES string of the molecule is CCC(C)c1cc(C(OCOC)(C(F)(F)F)C(F)(F)F)cc(C(C(C)=O)(C(F)(F)F)C(F)(F)F)c1. The zero-order valence-electron chi connectivity index (χ0n) is 18.5. The first-order valence-electron chi connectivity index (χ1n) is 9.63. The summed E-state index contributed by atoms with van der Waals surface area (Å²) < 4.78 is 175. The average molecular weight is 536 g/mol. The lowest BCUT2D eigenvalue weighted by atomic mass is 9.72. The van der Waals surface area contributed by atoms with Crippen molar-refractivity contribution < 1.29 is 67.0 Å². The summed E-state index contributed by atoms with van der Waals surface area (Å²) in [5.74, 6) is -3.71. The van der Waals surface area contributed by atoms with E-state index in [1.807, 2.05) is 0 Å². The number of ketones is 1. The highest BCUT2D eigenvalue weighted by atomic mass is 19.4. The Bertz CT molecular complexity index is 869. The highest BCUT2D eigenvalue weighted by Gasteiger charge is 2.77. The van der Waals surface area contributed by atoms with E-state index in [0.29, 0.717) is 7.11 Å². The third kappa shape index (κ3) is 5.11. The first kappa shape index (κ1) is 31.0. The van der Waals surface area contributed by atoms with E-state index in [2.05, 4.69) is 9.47 Å². The van der Waals surface area contributed by atoms with Crippen molar-refractivity contribution in [3.63, 3.8) is 0 Å². The van der Waals surface area contributed by atoms with Crippen molar-refractivity contribution in [1.29, 1.82) is 0 Å².